The van der Waals surface area contributed by atoms with Crippen molar-refractivity contribution in [2.24, 2.45) is 0 Å². The predicted molar refractivity (Wildman–Crippen MR) is 134 cm³/mol. The summed E-state index contributed by atoms with van der Waals surface area (Å²) in [7, 11) is 0. The second-order valence-electron chi connectivity index (χ2n) is 7.23. The Morgan fingerprint density at radius 3 is 2.22 bits per heavy atom. The standard InChI is InChI=1S/C23H16Cl2F3N3O3S.CH4/c24-19-5-2-6-20(25)22(19)31-17(12-21(29-31)23(26,27)28)13-34-18-9-7-14(8-10-18)15-3-1-4-16(11-15)30-35(32)33;/h1-12,30H,13H2,(H,32,33);1H4/p-1. The molecule has 4 aromatic rings. The van der Waals surface area contributed by atoms with E-state index in [4.69, 9.17) is 27.9 Å². The lowest BCUT2D eigenvalue weighted by molar-refractivity contribution is -0.141. The summed E-state index contributed by atoms with van der Waals surface area (Å²) in [5.41, 5.74) is 1.06. The third kappa shape index (κ3) is 6.38. The van der Waals surface area contributed by atoms with Crippen molar-refractivity contribution in [3.05, 3.63) is 94.2 Å². The first kappa shape index (κ1) is 27.5. The summed E-state index contributed by atoms with van der Waals surface area (Å²) in [5, 5.41) is 3.93. The average Bonchev–Trinajstić information content (AvgIpc) is 3.22. The maximum absolute atomic E-state index is 13.3. The summed E-state index contributed by atoms with van der Waals surface area (Å²) in [6.07, 6.45) is -4.67. The molecule has 6 nitrogen and oxygen atoms in total. The molecular formula is C24H19Cl2F3N3O3S-. The van der Waals surface area contributed by atoms with Crippen LogP contribution in [0.1, 0.15) is 18.8 Å². The van der Waals surface area contributed by atoms with Crippen LogP contribution in [0.4, 0.5) is 18.9 Å². The van der Waals surface area contributed by atoms with Crippen molar-refractivity contribution in [3.8, 4) is 22.6 Å². The van der Waals surface area contributed by atoms with Crippen molar-refractivity contribution >= 4 is 40.2 Å². The van der Waals surface area contributed by atoms with Crippen LogP contribution < -0.4 is 9.46 Å². The first-order valence-electron chi connectivity index (χ1n) is 9.91. The molecule has 1 heterocycles. The molecule has 190 valence electrons. The molecule has 0 aliphatic carbocycles. The first-order valence-corrected chi connectivity index (χ1v) is 11.7. The molecule has 1 atom stereocenters. The normalized spacial score (nSPS) is 12.1. The number of nitrogens with zero attached hydrogens (tertiary/aromatic N) is 2. The van der Waals surface area contributed by atoms with Crippen LogP contribution in [0, 0.1) is 0 Å². The number of para-hydroxylation sites is 1. The van der Waals surface area contributed by atoms with Gasteiger partial charge in [-0.3, -0.25) is 4.21 Å². The summed E-state index contributed by atoms with van der Waals surface area (Å²) in [5.74, 6) is 0.398. The Morgan fingerprint density at radius 1 is 0.972 bits per heavy atom. The van der Waals surface area contributed by atoms with Crippen LogP contribution >= 0.6 is 23.2 Å². The lowest BCUT2D eigenvalue weighted by atomic mass is 10.1. The molecule has 0 amide bonds. The molecule has 0 saturated carbocycles. The third-order valence-electron chi connectivity index (χ3n) is 4.86. The van der Waals surface area contributed by atoms with Crippen LogP contribution in [0.5, 0.6) is 5.75 Å². The van der Waals surface area contributed by atoms with Crippen LogP contribution in [0.3, 0.4) is 0 Å². The van der Waals surface area contributed by atoms with Gasteiger partial charge in [0.1, 0.15) is 18.0 Å². The zero-order valence-electron chi connectivity index (χ0n) is 17.6. The van der Waals surface area contributed by atoms with E-state index in [0.29, 0.717) is 11.4 Å². The Labute approximate surface area is 218 Å². The molecule has 1 N–H and O–H groups in total. The number of benzene rings is 3. The zero-order valence-corrected chi connectivity index (χ0v) is 19.9. The van der Waals surface area contributed by atoms with Gasteiger partial charge in [-0.15, -0.1) is 0 Å². The lowest BCUT2D eigenvalue weighted by Gasteiger charge is -2.13. The Morgan fingerprint density at radius 2 is 1.61 bits per heavy atom. The molecule has 1 aromatic heterocycles. The molecule has 0 aliphatic rings. The molecule has 12 heteroatoms. The van der Waals surface area contributed by atoms with Crippen molar-refractivity contribution in [2.45, 2.75) is 20.2 Å². The minimum absolute atomic E-state index is 0. The van der Waals surface area contributed by atoms with Crippen LogP contribution in [0.15, 0.2) is 72.8 Å². The fourth-order valence-electron chi connectivity index (χ4n) is 3.31. The minimum atomic E-state index is -4.67. The van der Waals surface area contributed by atoms with Crippen LogP contribution in [0.25, 0.3) is 16.8 Å². The zero-order chi connectivity index (χ0) is 25.2. The first-order chi connectivity index (χ1) is 16.6. The summed E-state index contributed by atoms with van der Waals surface area (Å²) in [6.45, 7) is -0.237. The molecule has 4 rings (SSSR count). The van der Waals surface area contributed by atoms with Crippen molar-refractivity contribution in [1.82, 2.24) is 9.78 Å². The second kappa shape index (κ2) is 11.3. The highest BCUT2D eigenvalue weighted by Gasteiger charge is 2.35. The van der Waals surface area contributed by atoms with E-state index >= 15 is 0 Å². The van der Waals surface area contributed by atoms with Crippen LogP contribution in [0.2, 0.25) is 10.0 Å². The van der Waals surface area contributed by atoms with E-state index in [1.807, 2.05) is 0 Å². The van der Waals surface area contributed by atoms with Crippen molar-refractivity contribution in [1.29, 1.82) is 0 Å². The van der Waals surface area contributed by atoms with Gasteiger partial charge in [0.2, 0.25) is 0 Å². The Bertz CT molecular complexity index is 1360. The van der Waals surface area contributed by atoms with Gasteiger partial charge in [0.05, 0.1) is 15.7 Å². The quantitative estimate of drug-likeness (QED) is 0.242. The number of alkyl halides is 3. The fourth-order valence-corrected chi connectivity index (χ4v) is 4.18. The average molecular weight is 557 g/mol. The monoisotopic (exact) mass is 556 g/mol. The van der Waals surface area contributed by atoms with Crippen molar-refractivity contribution in [2.75, 3.05) is 4.72 Å². The number of rotatable bonds is 7. The molecule has 3 aromatic carbocycles. The maximum atomic E-state index is 13.3. The Kier molecular flexibility index (Phi) is 8.67. The van der Waals surface area contributed by atoms with Gasteiger partial charge in [0.15, 0.2) is 5.69 Å². The van der Waals surface area contributed by atoms with E-state index in [1.54, 1.807) is 54.6 Å². The number of nitrogens with one attached hydrogen (secondary N) is 1. The smallest absolute Gasteiger partial charge is 0.435 e. The van der Waals surface area contributed by atoms with Gasteiger partial charge in [-0.25, -0.2) is 4.68 Å². The summed E-state index contributed by atoms with van der Waals surface area (Å²) in [4.78, 5) is 0. The van der Waals surface area contributed by atoms with Gasteiger partial charge in [0, 0.05) is 17.0 Å². The Hall–Kier alpha value is -3.05. The predicted octanol–water partition coefficient (Wildman–Crippen LogP) is 7.29. The number of anilines is 1. The summed E-state index contributed by atoms with van der Waals surface area (Å²) in [6, 6.07) is 19.0. The van der Waals surface area contributed by atoms with E-state index in [2.05, 4.69) is 9.82 Å². The van der Waals surface area contributed by atoms with Gasteiger partial charge in [0.25, 0.3) is 0 Å². The molecule has 0 bridgehead atoms. The second-order valence-corrected chi connectivity index (χ2v) is 8.72. The number of hydrogen-bond donors (Lipinski definition) is 1. The largest absolute Gasteiger partial charge is 0.755 e. The van der Waals surface area contributed by atoms with Gasteiger partial charge in [-0.2, -0.15) is 18.3 Å². The number of ether oxygens (including phenoxy) is 1. The van der Waals surface area contributed by atoms with E-state index in [-0.39, 0.29) is 35.5 Å². The molecule has 0 fully saturated rings. The number of aromatic nitrogens is 2. The highest BCUT2D eigenvalue weighted by molar-refractivity contribution is 7.80. The summed E-state index contributed by atoms with van der Waals surface area (Å²) < 4.78 is 70.8. The topological polar surface area (TPSA) is 79.2 Å². The van der Waals surface area contributed by atoms with Crippen LogP contribution in [-0.2, 0) is 24.0 Å². The molecule has 0 spiro atoms. The third-order valence-corrected chi connectivity index (χ3v) is 5.87. The highest BCUT2D eigenvalue weighted by Crippen LogP contribution is 2.34. The van der Waals surface area contributed by atoms with Gasteiger partial charge in [-0.1, -0.05) is 61.0 Å². The van der Waals surface area contributed by atoms with E-state index < -0.39 is 23.1 Å². The van der Waals surface area contributed by atoms with Crippen LogP contribution in [-0.4, -0.2) is 18.5 Å². The molecule has 0 radical (unpaired) electrons. The van der Waals surface area contributed by atoms with E-state index in [1.165, 1.54) is 12.1 Å². The summed E-state index contributed by atoms with van der Waals surface area (Å²) >= 11 is 9.93. The van der Waals surface area contributed by atoms with E-state index in [9.17, 15) is 21.9 Å². The lowest BCUT2D eigenvalue weighted by Crippen LogP contribution is -2.09. The van der Waals surface area contributed by atoms with Gasteiger partial charge >= 0.3 is 6.18 Å². The van der Waals surface area contributed by atoms with Crippen molar-refractivity contribution < 1.29 is 26.7 Å². The minimum Gasteiger partial charge on any atom is -0.755 e. The van der Waals surface area contributed by atoms with Crippen molar-refractivity contribution in [3.63, 3.8) is 0 Å². The molecule has 0 aliphatic heterocycles. The fraction of sp³-hybridized carbons (Fsp3) is 0.125. The number of hydrogen-bond acceptors (Lipinski definition) is 4. The maximum Gasteiger partial charge on any atom is 0.435 e. The van der Waals surface area contributed by atoms with Gasteiger partial charge < -0.3 is 14.0 Å². The Balaban J connectivity index is 0.00000361. The number of halogens is 5. The SMILES string of the molecule is C.O=S([O-])Nc1cccc(-c2ccc(OCc3cc(C(F)(F)F)nn3-c3c(Cl)cccc3Cl)cc2)c1. The molecular weight excluding hydrogens is 538 g/mol. The van der Waals surface area contributed by atoms with E-state index in [0.717, 1.165) is 21.9 Å². The highest BCUT2D eigenvalue weighted by atomic mass is 35.5. The molecule has 1 unspecified atom stereocenters. The molecule has 36 heavy (non-hydrogen) atoms. The molecule has 0 saturated heterocycles. The van der Waals surface area contributed by atoms with Gasteiger partial charge in [-0.05, 0) is 53.6 Å².